The van der Waals surface area contributed by atoms with Gasteiger partial charge in [-0.25, -0.2) is 8.42 Å². The van der Waals surface area contributed by atoms with Gasteiger partial charge in [0.2, 0.25) is 10.0 Å². The van der Waals surface area contributed by atoms with Gasteiger partial charge in [-0.15, -0.1) is 0 Å². The summed E-state index contributed by atoms with van der Waals surface area (Å²) in [5.74, 6) is 0.364. The van der Waals surface area contributed by atoms with Gasteiger partial charge in [-0.05, 0) is 18.8 Å². The first-order valence-electron chi connectivity index (χ1n) is 7.79. The molecule has 2 heterocycles. The van der Waals surface area contributed by atoms with E-state index in [0.717, 1.165) is 19.3 Å². The fourth-order valence-corrected chi connectivity index (χ4v) is 6.17. The summed E-state index contributed by atoms with van der Waals surface area (Å²) in [5, 5.41) is 0. The van der Waals surface area contributed by atoms with Crippen LogP contribution in [-0.4, -0.2) is 63.0 Å². The second-order valence-electron chi connectivity index (χ2n) is 6.87. The van der Waals surface area contributed by atoms with E-state index in [1.807, 2.05) is 0 Å². The van der Waals surface area contributed by atoms with Crippen LogP contribution < -0.4 is 5.73 Å². The normalized spacial score (nSPS) is 36.8. The topological polar surface area (TPSA) is 81.9 Å². The van der Waals surface area contributed by atoms with Crippen LogP contribution >= 0.6 is 0 Å². The van der Waals surface area contributed by atoms with E-state index in [1.54, 1.807) is 11.4 Å². The number of ether oxygens (including phenoxy) is 2. The van der Waals surface area contributed by atoms with Crippen LogP contribution in [0.5, 0.6) is 0 Å². The molecule has 7 heteroatoms. The third-order valence-electron chi connectivity index (χ3n) is 5.58. The van der Waals surface area contributed by atoms with E-state index in [2.05, 4.69) is 0 Å². The van der Waals surface area contributed by atoms with Gasteiger partial charge < -0.3 is 15.2 Å². The largest absolute Gasteiger partial charge is 0.381 e. The second kappa shape index (κ2) is 5.45. The fraction of sp³-hybridized carbons (Fsp3) is 1.00. The molecule has 3 rings (SSSR count). The first kappa shape index (κ1) is 15.7. The molecule has 6 nitrogen and oxygen atoms in total. The van der Waals surface area contributed by atoms with Crippen molar-refractivity contribution in [2.24, 2.45) is 11.7 Å². The van der Waals surface area contributed by atoms with Crippen LogP contribution in [0.3, 0.4) is 0 Å². The molecule has 0 aromatic heterocycles. The van der Waals surface area contributed by atoms with Crippen LogP contribution in [0.2, 0.25) is 0 Å². The van der Waals surface area contributed by atoms with Crippen molar-refractivity contribution in [3.8, 4) is 0 Å². The summed E-state index contributed by atoms with van der Waals surface area (Å²) in [7, 11) is -1.74. The Morgan fingerprint density at radius 1 is 1.33 bits per heavy atom. The van der Waals surface area contributed by atoms with E-state index in [4.69, 9.17) is 15.2 Å². The highest BCUT2D eigenvalue weighted by Gasteiger charge is 2.51. The Bertz CT molecular complexity index is 489. The molecule has 0 radical (unpaired) electrons. The number of methoxy groups -OCH3 is 1. The number of nitrogens with zero attached hydrogens (tertiary/aromatic N) is 1. The molecule has 0 bridgehead atoms. The summed E-state index contributed by atoms with van der Waals surface area (Å²) in [4.78, 5) is 0. The van der Waals surface area contributed by atoms with Crippen molar-refractivity contribution in [3.63, 3.8) is 0 Å². The SMILES string of the molecule is COC1(CS(=O)(=O)N2CC3CCCC3(N)C2)CCOCC1. The number of nitrogens with two attached hydrogens (primary N) is 1. The molecular weight excluding hydrogens is 292 g/mol. The van der Waals surface area contributed by atoms with Crippen LogP contribution in [0, 0.1) is 5.92 Å². The number of hydrogen-bond acceptors (Lipinski definition) is 5. The van der Waals surface area contributed by atoms with E-state index in [1.165, 1.54) is 0 Å². The van der Waals surface area contributed by atoms with Gasteiger partial charge in [-0.2, -0.15) is 4.31 Å². The summed E-state index contributed by atoms with van der Waals surface area (Å²) in [6.07, 6.45) is 4.37. The van der Waals surface area contributed by atoms with Crippen molar-refractivity contribution in [2.75, 3.05) is 39.2 Å². The molecule has 2 saturated heterocycles. The number of hydrogen-bond donors (Lipinski definition) is 1. The highest BCUT2D eigenvalue weighted by Crippen LogP contribution is 2.41. The molecule has 1 saturated carbocycles. The maximum absolute atomic E-state index is 12.8. The van der Waals surface area contributed by atoms with E-state index in [0.29, 0.717) is 45.1 Å². The predicted molar refractivity (Wildman–Crippen MR) is 79.4 cm³/mol. The zero-order valence-electron chi connectivity index (χ0n) is 12.7. The van der Waals surface area contributed by atoms with Gasteiger partial charge in [-0.3, -0.25) is 0 Å². The highest BCUT2D eigenvalue weighted by molar-refractivity contribution is 7.89. The third kappa shape index (κ3) is 2.86. The van der Waals surface area contributed by atoms with E-state index >= 15 is 0 Å². The minimum atomic E-state index is -3.34. The molecule has 1 aliphatic carbocycles. The molecule has 2 aliphatic heterocycles. The Morgan fingerprint density at radius 3 is 2.67 bits per heavy atom. The molecule has 3 fully saturated rings. The highest BCUT2D eigenvalue weighted by atomic mass is 32.2. The Hall–Kier alpha value is -0.210. The lowest BCUT2D eigenvalue weighted by molar-refractivity contribution is -0.0754. The van der Waals surface area contributed by atoms with E-state index in [9.17, 15) is 8.42 Å². The molecule has 0 spiro atoms. The van der Waals surface area contributed by atoms with Gasteiger partial charge in [0.1, 0.15) is 0 Å². The standard InChI is InChI=1S/C14H26N2O4S/c1-19-13(5-7-20-8-6-13)11-21(17,18)16-9-12-3-2-4-14(12,15)10-16/h12H,2-11,15H2,1H3. The Balaban J connectivity index is 1.72. The molecule has 0 amide bonds. The molecular formula is C14H26N2O4S. The average molecular weight is 318 g/mol. The first-order valence-corrected chi connectivity index (χ1v) is 9.40. The van der Waals surface area contributed by atoms with Crippen molar-refractivity contribution in [3.05, 3.63) is 0 Å². The van der Waals surface area contributed by atoms with Gasteiger partial charge in [0.15, 0.2) is 0 Å². The van der Waals surface area contributed by atoms with Crippen LogP contribution in [0.1, 0.15) is 32.1 Å². The third-order valence-corrected chi connectivity index (χ3v) is 7.53. The number of sulfonamides is 1. The van der Waals surface area contributed by atoms with Crippen LogP contribution in [0.15, 0.2) is 0 Å². The van der Waals surface area contributed by atoms with Crippen LogP contribution in [0.4, 0.5) is 0 Å². The molecule has 0 aromatic carbocycles. The lowest BCUT2D eigenvalue weighted by atomic mass is 9.92. The lowest BCUT2D eigenvalue weighted by Crippen LogP contribution is -2.49. The van der Waals surface area contributed by atoms with Gasteiger partial charge >= 0.3 is 0 Å². The van der Waals surface area contributed by atoms with E-state index in [-0.39, 0.29) is 11.3 Å². The van der Waals surface area contributed by atoms with Crippen LogP contribution in [0.25, 0.3) is 0 Å². The molecule has 3 aliphatic rings. The predicted octanol–water partition coefficient (Wildman–Crippen LogP) is 0.325. The van der Waals surface area contributed by atoms with Gasteiger partial charge in [0, 0.05) is 51.8 Å². The van der Waals surface area contributed by atoms with Gasteiger partial charge in [-0.1, -0.05) is 6.42 Å². The molecule has 21 heavy (non-hydrogen) atoms. The van der Waals surface area contributed by atoms with Crippen molar-refractivity contribution in [1.82, 2.24) is 4.31 Å². The quantitative estimate of drug-likeness (QED) is 0.807. The molecule has 2 atom stereocenters. The molecule has 2 unspecified atom stereocenters. The van der Waals surface area contributed by atoms with Crippen LogP contribution in [-0.2, 0) is 19.5 Å². The smallest absolute Gasteiger partial charge is 0.217 e. The lowest BCUT2D eigenvalue weighted by Gasteiger charge is -2.36. The Morgan fingerprint density at radius 2 is 2.05 bits per heavy atom. The number of fused-ring (bicyclic) bond motifs is 1. The fourth-order valence-electron chi connectivity index (χ4n) is 4.08. The maximum Gasteiger partial charge on any atom is 0.217 e. The van der Waals surface area contributed by atoms with Gasteiger partial charge in [0.25, 0.3) is 0 Å². The zero-order valence-corrected chi connectivity index (χ0v) is 13.5. The summed E-state index contributed by atoms with van der Waals surface area (Å²) in [6.45, 7) is 2.17. The molecule has 2 N–H and O–H groups in total. The molecule has 0 aromatic rings. The monoisotopic (exact) mass is 318 g/mol. The van der Waals surface area contributed by atoms with Crippen molar-refractivity contribution < 1.29 is 17.9 Å². The minimum Gasteiger partial charge on any atom is -0.381 e. The summed E-state index contributed by atoms with van der Waals surface area (Å²) < 4.78 is 38.1. The minimum absolute atomic E-state index is 0.0443. The summed E-state index contributed by atoms with van der Waals surface area (Å²) in [5.41, 5.74) is 5.49. The van der Waals surface area contributed by atoms with Gasteiger partial charge in [0.05, 0.1) is 11.4 Å². The van der Waals surface area contributed by atoms with E-state index < -0.39 is 15.6 Å². The molecule has 122 valence electrons. The Kier molecular flexibility index (Phi) is 4.07. The summed E-state index contributed by atoms with van der Waals surface area (Å²) >= 11 is 0. The second-order valence-corrected chi connectivity index (χ2v) is 8.84. The van der Waals surface area contributed by atoms with Crippen molar-refractivity contribution in [1.29, 1.82) is 0 Å². The zero-order chi connectivity index (χ0) is 15.1. The Labute approximate surface area is 127 Å². The van der Waals surface area contributed by atoms with Crippen molar-refractivity contribution >= 4 is 10.0 Å². The summed E-state index contributed by atoms with van der Waals surface area (Å²) in [6, 6.07) is 0. The average Bonchev–Trinajstić information content (AvgIpc) is 2.94. The first-order chi connectivity index (χ1) is 9.89. The maximum atomic E-state index is 12.8. The van der Waals surface area contributed by atoms with Crippen molar-refractivity contribution in [2.45, 2.75) is 43.2 Å². The number of rotatable bonds is 4.